The van der Waals surface area contributed by atoms with Gasteiger partial charge in [0.1, 0.15) is 11.2 Å². The van der Waals surface area contributed by atoms with Crippen LogP contribution in [-0.2, 0) is 0 Å². The van der Waals surface area contributed by atoms with Crippen LogP contribution in [0.25, 0.3) is 115 Å². The molecule has 266 valence electrons. The number of hydrogen-bond acceptors (Lipinski definition) is 5. The molecule has 0 saturated heterocycles. The summed E-state index contributed by atoms with van der Waals surface area (Å²) < 4.78 is 11.6. The van der Waals surface area contributed by atoms with Crippen LogP contribution >= 0.6 is 11.3 Å². The van der Waals surface area contributed by atoms with Gasteiger partial charge in [0, 0.05) is 58.6 Å². The average molecular weight is 747 g/mol. The first-order valence-electron chi connectivity index (χ1n) is 19.0. The number of hydrogen-bond donors (Lipinski definition) is 0. The first-order chi connectivity index (χ1) is 28.2. The van der Waals surface area contributed by atoms with Crippen molar-refractivity contribution in [3.05, 3.63) is 182 Å². The molecule has 0 atom stereocenters. The Bertz CT molecular complexity index is 3420. The Morgan fingerprint density at radius 2 is 0.930 bits per heavy atom. The largest absolute Gasteiger partial charge is 0.455 e. The molecule has 0 aliphatic rings. The number of thiophene rings is 1. The molecule has 4 heterocycles. The number of fused-ring (bicyclic) bond motifs is 9. The Labute approximate surface area is 330 Å². The van der Waals surface area contributed by atoms with Gasteiger partial charge in [-0.25, -0.2) is 15.0 Å². The Morgan fingerprint density at radius 1 is 0.404 bits per heavy atom. The van der Waals surface area contributed by atoms with Gasteiger partial charge >= 0.3 is 0 Å². The van der Waals surface area contributed by atoms with Crippen molar-refractivity contribution in [1.82, 2.24) is 19.5 Å². The fourth-order valence-electron chi connectivity index (χ4n) is 8.45. The van der Waals surface area contributed by atoms with Crippen molar-refractivity contribution < 1.29 is 4.42 Å². The fourth-order valence-corrected chi connectivity index (χ4v) is 9.63. The average Bonchev–Trinajstić information content (AvgIpc) is 3.96. The highest BCUT2D eigenvalue weighted by atomic mass is 32.1. The van der Waals surface area contributed by atoms with Crippen LogP contribution in [-0.4, -0.2) is 19.5 Å². The minimum absolute atomic E-state index is 0.652. The number of nitrogens with zero attached hydrogens (tertiary/aromatic N) is 4. The maximum absolute atomic E-state index is 6.79. The van der Waals surface area contributed by atoms with E-state index in [1.54, 1.807) is 11.3 Å². The zero-order valence-electron chi connectivity index (χ0n) is 30.4. The number of benzene rings is 8. The lowest BCUT2D eigenvalue weighted by atomic mass is 10.0. The van der Waals surface area contributed by atoms with Crippen molar-refractivity contribution in [2.45, 2.75) is 0 Å². The summed E-state index contributed by atoms with van der Waals surface area (Å²) in [5, 5.41) is 7.13. The lowest BCUT2D eigenvalue weighted by molar-refractivity contribution is 0.670. The van der Waals surface area contributed by atoms with Gasteiger partial charge in [0.05, 0.1) is 22.1 Å². The van der Waals surface area contributed by atoms with E-state index in [-0.39, 0.29) is 0 Å². The molecule has 12 rings (SSSR count). The highest BCUT2D eigenvalue weighted by Gasteiger charge is 2.20. The molecule has 4 aromatic heterocycles. The predicted molar refractivity (Wildman–Crippen MR) is 236 cm³/mol. The monoisotopic (exact) mass is 746 g/mol. The van der Waals surface area contributed by atoms with E-state index in [1.165, 1.54) is 42.0 Å². The minimum Gasteiger partial charge on any atom is -0.455 e. The summed E-state index contributed by atoms with van der Waals surface area (Å²) in [6.45, 7) is 0. The van der Waals surface area contributed by atoms with Crippen molar-refractivity contribution in [2.24, 2.45) is 0 Å². The van der Waals surface area contributed by atoms with Crippen LogP contribution in [0.5, 0.6) is 0 Å². The van der Waals surface area contributed by atoms with Gasteiger partial charge in [0.2, 0.25) is 0 Å². The molecular weight excluding hydrogens is 717 g/mol. The third-order valence-electron chi connectivity index (χ3n) is 11.1. The van der Waals surface area contributed by atoms with Crippen molar-refractivity contribution in [3.8, 4) is 51.0 Å². The van der Waals surface area contributed by atoms with E-state index in [1.807, 2.05) is 60.7 Å². The maximum Gasteiger partial charge on any atom is 0.164 e. The third kappa shape index (κ3) is 5.04. The summed E-state index contributed by atoms with van der Waals surface area (Å²) in [7, 11) is 0. The molecule has 0 unspecified atom stereocenters. The molecule has 5 nitrogen and oxygen atoms in total. The molecule has 0 aliphatic heterocycles. The molecule has 0 spiro atoms. The van der Waals surface area contributed by atoms with Gasteiger partial charge in [-0.05, 0) is 42.0 Å². The molecule has 57 heavy (non-hydrogen) atoms. The second-order valence-electron chi connectivity index (χ2n) is 14.4. The molecule has 0 saturated carbocycles. The Balaban J connectivity index is 0.984. The summed E-state index contributed by atoms with van der Waals surface area (Å²) in [6.07, 6.45) is 0. The van der Waals surface area contributed by atoms with Crippen molar-refractivity contribution in [1.29, 1.82) is 0 Å². The second kappa shape index (κ2) is 12.6. The fraction of sp³-hybridized carbons (Fsp3) is 0. The van der Waals surface area contributed by atoms with Gasteiger partial charge in [-0.3, -0.25) is 0 Å². The van der Waals surface area contributed by atoms with Crippen LogP contribution in [0.2, 0.25) is 0 Å². The molecule has 6 heteroatoms. The first kappa shape index (κ1) is 31.9. The summed E-state index contributed by atoms with van der Waals surface area (Å²) in [4.78, 5) is 14.9. The Hall–Kier alpha value is -7.41. The smallest absolute Gasteiger partial charge is 0.164 e. The minimum atomic E-state index is 0.652. The molecule has 0 N–H and O–H groups in total. The summed E-state index contributed by atoms with van der Waals surface area (Å²) in [5.41, 5.74) is 10.3. The lowest BCUT2D eigenvalue weighted by Crippen LogP contribution is -1.99. The first-order valence-corrected chi connectivity index (χ1v) is 19.8. The molecular formula is C51H30N4OS. The predicted octanol–water partition coefficient (Wildman–Crippen LogP) is 13.9. The lowest BCUT2D eigenvalue weighted by Gasteiger charge is -2.09. The Morgan fingerprint density at radius 3 is 1.58 bits per heavy atom. The van der Waals surface area contributed by atoms with Crippen LogP contribution in [0.15, 0.2) is 186 Å². The van der Waals surface area contributed by atoms with Gasteiger partial charge in [-0.2, -0.15) is 0 Å². The molecule has 0 fully saturated rings. The standard InChI is InChI=1S/C51H30N4OS/c1-3-13-31(14-4-1)49-52-50(32-15-5-2-6-16-32)54-51(53-49)34-26-28-39-38-27-25-33(29-45(38)57-46(39)30-34)35-19-11-20-40-47-43(23-12-24-44(47)56-48(35)40)55-41-21-9-7-17-36(41)37-18-8-10-22-42(37)55/h1-30H. The molecule has 0 radical (unpaired) electrons. The van der Waals surface area contributed by atoms with Crippen LogP contribution in [0.4, 0.5) is 0 Å². The van der Waals surface area contributed by atoms with Gasteiger partial charge in [0.15, 0.2) is 17.5 Å². The molecule has 0 aliphatic carbocycles. The Kier molecular flexibility index (Phi) is 7.03. The quantitative estimate of drug-likeness (QED) is 0.176. The van der Waals surface area contributed by atoms with E-state index in [2.05, 4.69) is 126 Å². The van der Waals surface area contributed by atoms with Crippen LogP contribution in [0.1, 0.15) is 0 Å². The van der Waals surface area contributed by atoms with Gasteiger partial charge in [-0.15, -0.1) is 11.3 Å². The molecule has 0 bridgehead atoms. The van der Waals surface area contributed by atoms with E-state index in [0.29, 0.717) is 17.5 Å². The number of rotatable bonds is 5. The zero-order valence-corrected chi connectivity index (χ0v) is 31.2. The van der Waals surface area contributed by atoms with Crippen molar-refractivity contribution >= 4 is 75.3 Å². The summed E-state index contributed by atoms with van der Waals surface area (Å²) in [6, 6.07) is 63.7. The van der Waals surface area contributed by atoms with Crippen molar-refractivity contribution in [3.63, 3.8) is 0 Å². The molecule has 0 amide bonds. The van der Waals surface area contributed by atoms with E-state index in [0.717, 1.165) is 55.4 Å². The van der Waals surface area contributed by atoms with Crippen LogP contribution in [0, 0.1) is 0 Å². The summed E-state index contributed by atoms with van der Waals surface area (Å²) in [5.74, 6) is 1.96. The normalized spacial score (nSPS) is 11.9. The van der Waals surface area contributed by atoms with Gasteiger partial charge in [-0.1, -0.05) is 146 Å². The van der Waals surface area contributed by atoms with E-state index >= 15 is 0 Å². The van der Waals surface area contributed by atoms with Gasteiger partial charge < -0.3 is 8.98 Å². The van der Waals surface area contributed by atoms with Crippen LogP contribution < -0.4 is 0 Å². The van der Waals surface area contributed by atoms with E-state index < -0.39 is 0 Å². The SMILES string of the molecule is c1ccc(-c2nc(-c3ccccc3)nc(-c3ccc4c(c3)sc3cc(-c5cccc6c5oc5cccc(-n7c8ccccc8c8ccccc87)c56)ccc34)n2)cc1. The number of aromatic nitrogens is 4. The molecule has 8 aromatic carbocycles. The van der Waals surface area contributed by atoms with E-state index in [9.17, 15) is 0 Å². The highest BCUT2D eigenvalue weighted by molar-refractivity contribution is 7.25. The number of para-hydroxylation sites is 3. The van der Waals surface area contributed by atoms with Gasteiger partial charge in [0.25, 0.3) is 0 Å². The topological polar surface area (TPSA) is 56.7 Å². The van der Waals surface area contributed by atoms with Crippen molar-refractivity contribution in [2.75, 3.05) is 0 Å². The van der Waals surface area contributed by atoms with Crippen LogP contribution in [0.3, 0.4) is 0 Å². The second-order valence-corrected chi connectivity index (χ2v) is 15.5. The number of furan rings is 1. The zero-order chi connectivity index (χ0) is 37.5. The maximum atomic E-state index is 6.79. The summed E-state index contributed by atoms with van der Waals surface area (Å²) >= 11 is 1.79. The van der Waals surface area contributed by atoms with E-state index in [4.69, 9.17) is 19.4 Å². The highest BCUT2D eigenvalue weighted by Crippen LogP contribution is 2.43. The molecule has 12 aromatic rings. The third-order valence-corrected chi connectivity index (χ3v) is 12.2.